The van der Waals surface area contributed by atoms with E-state index >= 15 is 0 Å². The SMILES string of the molecule is Cc1c(-c2ccccc2)c(-c2ccc3c(c2)C2C(=Cc4ccc(-c5ccccc5)cc42)C3c2ccccc2)cc(-c2ccccc2)c1-c1ccc2c(c1)C1C(=Cc3ccc(-c4ccccc4)cc31)C2c1ccccc1. The Hall–Kier alpha value is -9.10. The topological polar surface area (TPSA) is 0 Å². The highest BCUT2D eigenvalue weighted by molar-refractivity contribution is 5.99. The molecule has 4 atom stereocenters. The Kier molecular flexibility index (Phi) is 10.2. The molecular formula is C75H52. The van der Waals surface area contributed by atoms with Crippen LogP contribution in [-0.4, -0.2) is 0 Å². The lowest BCUT2D eigenvalue weighted by molar-refractivity contribution is 0.940. The molecule has 4 aliphatic carbocycles. The van der Waals surface area contributed by atoms with Gasteiger partial charge in [-0.05, 0) is 176 Å². The van der Waals surface area contributed by atoms with E-state index in [9.17, 15) is 0 Å². The van der Waals surface area contributed by atoms with Crippen molar-refractivity contribution >= 4 is 12.2 Å². The first kappa shape index (κ1) is 43.5. The van der Waals surface area contributed by atoms with Crippen LogP contribution in [0.4, 0.5) is 0 Å². The third kappa shape index (κ3) is 7.05. The fourth-order valence-corrected chi connectivity index (χ4v) is 13.7. The molecule has 352 valence electrons. The summed E-state index contributed by atoms with van der Waals surface area (Å²) < 4.78 is 0. The van der Waals surface area contributed by atoms with Gasteiger partial charge in [-0.25, -0.2) is 0 Å². The van der Waals surface area contributed by atoms with Crippen molar-refractivity contribution in [2.75, 3.05) is 0 Å². The summed E-state index contributed by atoms with van der Waals surface area (Å²) in [6.07, 6.45) is 5.00. The van der Waals surface area contributed by atoms with Gasteiger partial charge in [0, 0.05) is 23.7 Å². The van der Waals surface area contributed by atoms with E-state index in [1.54, 1.807) is 0 Å². The highest BCUT2D eigenvalue weighted by atomic mass is 14.5. The highest BCUT2D eigenvalue weighted by Crippen LogP contribution is 2.60. The number of hydrogen-bond donors (Lipinski definition) is 0. The van der Waals surface area contributed by atoms with E-state index in [1.165, 1.54) is 139 Å². The number of allylic oxidation sites excluding steroid dienone is 2. The zero-order valence-corrected chi connectivity index (χ0v) is 41.8. The minimum absolute atomic E-state index is 0.159. The van der Waals surface area contributed by atoms with Gasteiger partial charge in [0.2, 0.25) is 0 Å². The first-order valence-corrected chi connectivity index (χ1v) is 26.6. The van der Waals surface area contributed by atoms with Gasteiger partial charge in [-0.1, -0.05) is 243 Å². The second kappa shape index (κ2) is 17.5. The quantitative estimate of drug-likeness (QED) is 0.142. The maximum Gasteiger partial charge on any atom is 0.0321 e. The molecule has 11 aromatic carbocycles. The molecule has 0 spiro atoms. The average Bonchev–Trinajstić information content (AvgIpc) is 4.25. The van der Waals surface area contributed by atoms with Crippen LogP contribution in [0.25, 0.3) is 78.9 Å². The van der Waals surface area contributed by atoms with Gasteiger partial charge >= 0.3 is 0 Å². The Morgan fingerprint density at radius 3 is 1.08 bits per heavy atom. The summed E-state index contributed by atoms with van der Waals surface area (Å²) in [5.41, 5.74) is 33.0. The number of hydrogen-bond acceptors (Lipinski definition) is 0. The van der Waals surface area contributed by atoms with E-state index < -0.39 is 0 Å². The third-order valence-corrected chi connectivity index (χ3v) is 17.0. The van der Waals surface area contributed by atoms with Crippen molar-refractivity contribution in [1.29, 1.82) is 0 Å². The molecule has 0 heteroatoms. The lowest BCUT2D eigenvalue weighted by atomic mass is 9.80. The molecule has 11 aromatic rings. The summed E-state index contributed by atoms with van der Waals surface area (Å²) in [5.74, 6) is 0.677. The fraction of sp³-hybridized carbons (Fsp3) is 0.0667. The van der Waals surface area contributed by atoms with Gasteiger partial charge in [0.05, 0.1) is 0 Å². The van der Waals surface area contributed by atoms with E-state index in [1.807, 2.05) is 0 Å². The number of benzene rings is 11. The summed E-state index contributed by atoms with van der Waals surface area (Å²) in [5, 5.41) is 0. The minimum Gasteiger partial charge on any atom is -0.0622 e. The Balaban J connectivity index is 0.937. The van der Waals surface area contributed by atoms with Gasteiger partial charge in [0.15, 0.2) is 0 Å². The van der Waals surface area contributed by atoms with Crippen LogP contribution >= 0.6 is 0 Å². The van der Waals surface area contributed by atoms with Gasteiger partial charge in [0.25, 0.3) is 0 Å². The largest absolute Gasteiger partial charge is 0.0622 e. The molecule has 0 saturated carbocycles. The predicted octanol–water partition coefficient (Wildman–Crippen LogP) is 19.3. The molecule has 0 N–H and O–H groups in total. The van der Waals surface area contributed by atoms with Crippen molar-refractivity contribution < 1.29 is 0 Å². The summed E-state index contributed by atoms with van der Waals surface area (Å²) in [7, 11) is 0. The summed E-state index contributed by atoms with van der Waals surface area (Å²) in [4.78, 5) is 0. The molecule has 0 nitrogen and oxygen atoms in total. The Morgan fingerprint density at radius 2 is 0.600 bits per heavy atom. The van der Waals surface area contributed by atoms with Crippen molar-refractivity contribution in [3.05, 3.63) is 333 Å². The molecule has 15 rings (SSSR count). The minimum atomic E-state index is 0.159. The molecule has 0 heterocycles. The zero-order valence-electron chi connectivity index (χ0n) is 41.8. The second-order valence-electron chi connectivity index (χ2n) is 21.0. The van der Waals surface area contributed by atoms with Gasteiger partial charge in [-0.3, -0.25) is 0 Å². The van der Waals surface area contributed by atoms with Gasteiger partial charge in [0.1, 0.15) is 0 Å². The van der Waals surface area contributed by atoms with Crippen LogP contribution in [0.1, 0.15) is 84.9 Å². The maximum atomic E-state index is 2.57. The Morgan fingerprint density at radius 1 is 0.240 bits per heavy atom. The van der Waals surface area contributed by atoms with Crippen LogP contribution in [0.3, 0.4) is 0 Å². The molecule has 0 amide bonds. The van der Waals surface area contributed by atoms with E-state index in [0.29, 0.717) is 0 Å². The fourth-order valence-electron chi connectivity index (χ4n) is 13.7. The van der Waals surface area contributed by atoms with Gasteiger partial charge in [-0.2, -0.15) is 0 Å². The average molecular weight is 953 g/mol. The van der Waals surface area contributed by atoms with E-state index in [4.69, 9.17) is 0 Å². The molecule has 0 radical (unpaired) electrons. The standard InChI is InChI=1S/C75H52/c1-47-70(51-26-14-5-15-27-51)65(58-36-38-60-66(42-58)74-62-40-54(48-20-8-2-9-21-48)32-34-56(62)43-68(74)72(60)52-28-16-6-17-29-52)46-64(50-24-12-4-13-25-50)71(47)59-37-39-61-67(45-59)75-63-41-55(49-22-10-3-11-23-49)33-35-57(63)44-69(75)73(61)53-30-18-7-19-31-53/h2-46,72-75H,1H3. The van der Waals surface area contributed by atoms with E-state index in [-0.39, 0.29) is 23.7 Å². The highest BCUT2D eigenvalue weighted by Gasteiger charge is 2.43. The monoisotopic (exact) mass is 952 g/mol. The summed E-state index contributed by atoms with van der Waals surface area (Å²) >= 11 is 0. The first-order valence-electron chi connectivity index (χ1n) is 26.6. The van der Waals surface area contributed by atoms with Crippen LogP contribution in [0.2, 0.25) is 0 Å². The molecule has 4 unspecified atom stereocenters. The molecular weight excluding hydrogens is 901 g/mol. The summed E-state index contributed by atoms with van der Waals surface area (Å²) in [6, 6.07) is 98.0. The molecule has 4 aliphatic rings. The third-order valence-electron chi connectivity index (χ3n) is 17.0. The predicted molar refractivity (Wildman–Crippen MR) is 313 cm³/mol. The van der Waals surface area contributed by atoms with Crippen LogP contribution in [0.15, 0.2) is 272 Å². The van der Waals surface area contributed by atoms with Crippen molar-refractivity contribution in [2.24, 2.45) is 0 Å². The Labute approximate surface area is 440 Å². The lowest BCUT2D eigenvalue weighted by Gasteiger charge is -2.24. The number of rotatable bonds is 8. The van der Waals surface area contributed by atoms with Crippen molar-refractivity contribution in [1.82, 2.24) is 0 Å². The normalized spacial score (nSPS) is 17.3. The molecule has 0 fully saturated rings. The van der Waals surface area contributed by atoms with Crippen LogP contribution in [0.5, 0.6) is 0 Å². The summed E-state index contributed by atoms with van der Waals surface area (Å²) in [6.45, 7) is 2.38. The smallest absolute Gasteiger partial charge is 0.0321 e. The lowest BCUT2D eigenvalue weighted by Crippen LogP contribution is -2.01. The molecule has 0 aromatic heterocycles. The molecule has 0 aliphatic heterocycles. The van der Waals surface area contributed by atoms with Crippen molar-refractivity contribution in [3.8, 4) is 66.8 Å². The van der Waals surface area contributed by atoms with Crippen molar-refractivity contribution in [2.45, 2.75) is 30.6 Å². The molecule has 0 bridgehead atoms. The van der Waals surface area contributed by atoms with Crippen LogP contribution in [-0.2, 0) is 0 Å². The van der Waals surface area contributed by atoms with Crippen LogP contribution in [0, 0.1) is 6.92 Å². The van der Waals surface area contributed by atoms with Gasteiger partial charge < -0.3 is 0 Å². The van der Waals surface area contributed by atoms with E-state index in [0.717, 1.165) is 0 Å². The van der Waals surface area contributed by atoms with Gasteiger partial charge in [-0.15, -0.1) is 0 Å². The van der Waals surface area contributed by atoms with E-state index in [2.05, 4.69) is 280 Å². The Bertz CT molecular complexity index is 4090. The van der Waals surface area contributed by atoms with Crippen molar-refractivity contribution in [3.63, 3.8) is 0 Å². The second-order valence-corrected chi connectivity index (χ2v) is 21.0. The van der Waals surface area contributed by atoms with Crippen LogP contribution < -0.4 is 0 Å². The molecule has 75 heavy (non-hydrogen) atoms. The first-order chi connectivity index (χ1) is 37.1. The zero-order chi connectivity index (χ0) is 49.6. The maximum absolute atomic E-state index is 2.57. The molecule has 0 saturated heterocycles. The number of fused-ring (bicyclic) bond motifs is 10.